The maximum atomic E-state index is 12.9. The van der Waals surface area contributed by atoms with Crippen LogP contribution in [-0.2, 0) is 20.9 Å². The van der Waals surface area contributed by atoms with Crippen LogP contribution in [0.15, 0.2) is 41.8 Å². The lowest BCUT2D eigenvalue weighted by molar-refractivity contribution is -0.137. The highest BCUT2D eigenvalue weighted by atomic mass is 32.1. The number of rotatable bonds is 9. The van der Waals surface area contributed by atoms with E-state index in [4.69, 9.17) is 4.74 Å². The molecule has 1 unspecified atom stereocenters. The number of aromatic nitrogens is 2. The number of nitrogens with one attached hydrogen (secondary N) is 1. The van der Waals surface area contributed by atoms with Crippen LogP contribution < -0.4 is 5.32 Å². The standard InChI is InChI=1S/C22H26N4O4S/c27-20(14-16(15-21(28)29)19-6-3-13-31-19)24-22-23-17-4-1-2-5-18(17)26(22)8-7-25-9-11-30-12-10-25/h1-6,13,16H,7-12,14-15H2,(H,28,29)(H,23,24,27). The van der Waals surface area contributed by atoms with Gasteiger partial charge >= 0.3 is 5.97 Å². The molecule has 1 amide bonds. The summed E-state index contributed by atoms with van der Waals surface area (Å²) in [4.78, 5) is 32.0. The van der Waals surface area contributed by atoms with Gasteiger partial charge in [-0.15, -0.1) is 11.3 Å². The number of carbonyl (C=O) groups excluding carboxylic acids is 1. The zero-order chi connectivity index (χ0) is 21.6. The molecule has 164 valence electrons. The number of fused-ring (bicyclic) bond motifs is 1. The Labute approximate surface area is 184 Å². The van der Waals surface area contributed by atoms with E-state index >= 15 is 0 Å². The maximum absolute atomic E-state index is 12.9. The van der Waals surface area contributed by atoms with Crippen molar-refractivity contribution in [3.05, 3.63) is 46.7 Å². The van der Waals surface area contributed by atoms with Crippen molar-refractivity contribution in [3.8, 4) is 0 Å². The van der Waals surface area contributed by atoms with Crippen molar-refractivity contribution >= 4 is 40.2 Å². The number of ether oxygens (including phenoxy) is 1. The molecular weight excluding hydrogens is 416 g/mol. The molecule has 1 aromatic carbocycles. The number of hydrogen-bond donors (Lipinski definition) is 2. The van der Waals surface area contributed by atoms with E-state index in [0.717, 1.165) is 48.8 Å². The molecular formula is C22H26N4O4S. The minimum absolute atomic E-state index is 0.0820. The van der Waals surface area contributed by atoms with Gasteiger partial charge in [-0.25, -0.2) is 4.98 Å². The second kappa shape index (κ2) is 10.0. The molecule has 1 atom stereocenters. The summed E-state index contributed by atoms with van der Waals surface area (Å²) >= 11 is 1.47. The molecule has 0 aliphatic carbocycles. The molecule has 8 nitrogen and oxygen atoms in total. The van der Waals surface area contributed by atoms with Gasteiger partial charge in [0.1, 0.15) is 0 Å². The molecule has 0 radical (unpaired) electrons. The predicted octanol–water partition coefficient (Wildman–Crippen LogP) is 3.02. The second-order valence-corrected chi connectivity index (χ2v) is 8.57. The van der Waals surface area contributed by atoms with Crippen molar-refractivity contribution in [2.45, 2.75) is 25.3 Å². The first kappa shape index (κ1) is 21.5. The van der Waals surface area contributed by atoms with Crippen LogP contribution in [-0.4, -0.2) is 64.3 Å². The van der Waals surface area contributed by atoms with Gasteiger partial charge in [0.2, 0.25) is 11.9 Å². The number of benzene rings is 1. The largest absolute Gasteiger partial charge is 0.481 e. The Hall–Kier alpha value is -2.75. The number of hydrogen-bond acceptors (Lipinski definition) is 6. The van der Waals surface area contributed by atoms with E-state index in [-0.39, 0.29) is 24.7 Å². The highest BCUT2D eigenvalue weighted by Gasteiger charge is 2.22. The lowest BCUT2D eigenvalue weighted by Crippen LogP contribution is -2.38. The van der Waals surface area contributed by atoms with E-state index in [1.165, 1.54) is 11.3 Å². The molecule has 4 rings (SSSR count). The van der Waals surface area contributed by atoms with Crippen molar-refractivity contribution < 1.29 is 19.4 Å². The number of anilines is 1. The SMILES string of the molecule is O=C(O)CC(CC(=O)Nc1nc2ccccc2n1CCN1CCOCC1)c1cccs1. The van der Waals surface area contributed by atoms with Crippen LogP contribution >= 0.6 is 11.3 Å². The molecule has 1 aliphatic rings. The average Bonchev–Trinajstić information content (AvgIpc) is 3.40. The fraction of sp³-hybridized carbons (Fsp3) is 0.409. The Kier molecular flexibility index (Phi) is 6.96. The van der Waals surface area contributed by atoms with Gasteiger partial charge in [0.05, 0.1) is 30.7 Å². The van der Waals surface area contributed by atoms with Crippen LogP contribution in [0.1, 0.15) is 23.6 Å². The monoisotopic (exact) mass is 442 g/mol. The van der Waals surface area contributed by atoms with E-state index in [2.05, 4.69) is 15.2 Å². The van der Waals surface area contributed by atoms with Gasteiger partial charge < -0.3 is 14.4 Å². The van der Waals surface area contributed by atoms with Crippen LogP contribution in [0.5, 0.6) is 0 Å². The van der Waals surface area contributed by atoms with Crippen molar-refractivity contribution in [2.75, 3.05) is 38.2 Å². The molecule has 0 spiro atoms. The minimum atomic E-state index is -0.913. The van der Waals surface area contributed by atoms with Gasteiger partial charge in [-0.3, -0.25) is 19.8 Å². The number of carboxylic acids is 1. The highest BCUT2D eigenvalue weighted by Crippen LogP contribution is 2.28. The summed E-state index contributed by atoms with van der Waals surface area (Å²) in [5, 5.41) is 14.1. The molecule has 0 bridgehead atoms. The minimum Gasteiger partial charge on any atom is -0.481 e. The number of nitrogens with zero attached hydrogens (tertiary/aromatic N) is 3. The Morgan fingerprint density at radius 3 is 2.68 bits per heavy atom. The highest BCUT2D eigenvalue weighted by molar-refractivity contribution is 7.10. The van der Waals surface area contributed by atoms with E-state index in [1.54, 1.807) is 0 Å². The first-order chi connectivity index (χ1) is 15.1. The smallest absolute Gasteiger partial charge is 0.304 e. The lowest BCUT2D eigenvalue weighted by atomic mass is 9.99. The summed E-state index contributed by atoms with van der Waals surface area (Å²) in [5.41, 5.74) is 1.78. The van der Waals surface area contributed by atoms with Crippen molar-refractivity contribution in [3.63, 3.8) is 0 Å². The fourth-order valence-electron chi connectivity index (χ4n) is 3.87. The molecule has 9 heteroatoms. The molecule has 2 aromatic heterocycles. The van der Waals surface area contributed by atoms with E-state index in [1.807, 2.05) is 46.3 Å². The maximum Gasteiger partial charge on any atom is 0.304 e. The van der Waals surface area contributed by atoms with Crippen molar-refractivity contribution in [1.82, 2.24) is 14.5 Å². The summed E-state index contributed by atoms with van der Waals surface area (Å²) in [6.45, 7) is 4.80. The number of amides is 1. The molecule has 0 saturated carbocycles. The normalized spacial score (nSPS) is 15.7. The third-order valence-corrected chi connectivity index (χ3v) is 6.48. The third-order valence-electron chi connectivity index (χ3n) is 5.45. The van der Waals surface area contributed by atoms with Crippen LogP contribution in [0.4, 0.5) is 5.95 Å². The summed E-state index contributed by atoms with van der Waals surface area (Å²) in [6.07, 6.45) is 0.0147. The third kappa shape index (κ3) is 5.49. The Bertz CT molecular complexity index is 1030. The van der Waals surface area contributed by atoms with Crippen molar-refractivity contribution in [1.29, 1.82) is 0 Å². The van der Waals surface area contributed by atoms with E-state index in [0.29, 0.717) is 12.5 Å². The summed E-state index contributed by atoms with van der Waals surface area (Å²) in [6, 6.07) is 11.6. The van der Waals surface area contributed by atoms with Gasteiger partial charge in [0.25, 0.3) is 0 Å². The van der Waals surface area contributed by atoms with Gasteiger partial charge in [-0.2, -0.15) is 0 Å². The van der Waals surface area contributed by atoms with Crippen LogP contribution in [0.3, 0.4) is 0 Å². The number of imidazole rings is 1. The summed E-state index contributed by atoms with van der Waals surface area (Å²) in [7, 11) is 0. The molecule has 3 heterocycles. The Morgan fingerprint density at radius 2 is 1.94 bits per heavy atom. The quantitative estimate of drug-likeness (QED) is 0.529. The number of aliphatic carboxylic acids is 1. The molecule has 1 fully saturated rings. The van der Waals surface area contributed by atoms with Gasteiger partial charge in [-0.05, 0) is 23.6 Å². The molecule has 1 aliphatic heterocycles. The van der Waals surface area contributed by atoms with Crippen LogP contribution in [0, 0.1) is 0 Å². The first-order valence-electron chi connectivity index (χ1n) is 10.4. The number of carboxylic acid groups (broad SMARTS) is 1. The Morgan fingerprint density at radius 1 is 1.13 bits per heavy atom. The lowest BCUT2D eigenvalue weighted by Gasteiger charge is -2.27. The molecule has 31 heavy (non-hydrogen) atoms. The molecule has 2 N–H and O–H groups in total. The van der Waals surface area contributed by atoms with Crippen molar-refractivity contribution in [2.24, 2.45) is 0 Å². The number of carbonyl (C=O) groups is 2. The van der Waals surface area contributed by atoms with E-state index in [9.17, 15) is 14.7 Å². The van der Waals surface area contributed by atoms with Crippen LogP contribution in [0.25, 0.3) is 11.0 Å². The fourth-order valence-corrected chi connectivity index (χ4v) is 4.70. The topological polar surface area (TPSA) is 96.7 Å². The average molecular weight is 443 g/mol. The summed E-state index contributed by atoms with van der Waals surface area (Å²) < 4.78 is 7.45. The molecule has 3 aromatic rings. The second-order valence-electron chi connectivity index (χ2n) is 7.59. The first-order valence-corrected chi connectivity index (χ1v) is 11.3. The predicted molar refractivity (Wildman–Crippen MR) is 120 cm³/mol. The summed E-state index contributed by atoms with van der Waals surface area (Å²) in [5.74, 6) is -1.00. The van der Waals surface area contributed by atoms with Gasteiger partial charge in [0, 0.05) is 43.4 Å². The zero-order valence-corrected chi connectivity index (χ0v) is 18.0. The number of morpholine rings is 1. The van der Waals surface area contributed by atoms with E-state index < -0.39 is 5.97 Å². The van der Waals surface area contributed by atoms with Crippen LogP contribution in [0.2, 0.25) is 0 Å². The zero-order valence-electron chi connectivity index (χ0n) is 17.2. The van der Waals surface area contributed by atoms with Gasteiger partial charge in [0.15, 0.2) is 0 Å². The number of para-hydroxylation sites is 2. The molecule has 1 saturated heterocycles. The number of thiophene rings is 1. The van der Waals surface area contributed by atoms with Gasteiger partial charge in [-0.1, -0.05) is 18.2 Å². The Balaban J connectivity index is 1.50.